The molecule has 0 spiro atoms. The average Bonchev–Trinajstić information content (AvgIpc) is 3.01. The van der Waals surface area contributed by atoms with Crippen molar-refractivity contribution in [3.63, 3.8) is 0 Å². The Bertz CT molecular complexity index is 964. The molecule has 1 aliphatic heterocycles. The van der Waals surface area contributed by atoms with E-state index in [9.17, 15) is 23.8 Å². The number of fused-ring (bicyclic) bond motifs is 1. The molecule has 10 heteroatoms. The summed E-state index contributed by atoms with van der Waals surface area (Å²) in [7, 11) is 0. The first-order valence-corrected chi connectivity index (χ1v) is 8.12. The number of ether oxygens (including phenoxy) is 1. The number of hydrogen-bond acceptors (Lipinski definition) is 5. The number of H-pyrrole nitrogens is 1. The molecule has 1 unspecified atom stereocenters. The minimum absolute atomic E-state index is 0.0701. The van der Waals surface area contributed by atoms with Crippen molar-refractivity contribution in [2.75, 3.05) is 6.67 Å². The number of aromatic nitrogens is 3. The van der Waals surface area contributed by atoms with Crippen molar-refractivity contribution in [1.29, 1.82) is 0 Å². The zero-order chi connectivity index (χ0) is 19.2. The van der Waals surface area contributed by atoms with E-state index in [0.717, 1.165) is 10.8 Å². The first-order chi connectivity index (χ1) is 12.2. The number of hydrogen-bond donors (Lipinski definition) is 3. The van der Waals surface area contributed by atoms with Crippen molar-refractivity contribution in [3.05, 3.63) is 28.2 Å². The zero-order valence-electron chi connectivity index (χ0n) is 13.8. The standard InChI is InChI=1S/C16H16ClF2N3O4/c1-7(23)11-12(24)16(17,4-3-5-18)15(26-11)22-6-9(19)10-13(22)20-8(2)21-14(10)25/h6-7,11-12,15,23-24H,5H2,1-2H3,(H,20,21,25)/t7-,11-,12+,15-,16?/m1/s1. The monoisotopic (exact) mass is 387 g/mol. The second-order valence-electron chi connectivity index (χ2n) is 6.08. The molecule has 5 atom stereocenters. The molecule has 2 aromatic rings. The third-order valence-corrected chi connectivity index (χ3v) is 4.72. The highest BCUT2D eigenvalue weighted by Gasteiger charge is 2.57. The summed E-state index contributed by atoms with van der Waals surface area (Å²) in [5.41, 5.74) is -0.761. The molecular weight excluding hydrogens is 372 g/mol. The highest BCUT2D eigenvalue weighted by atomic mass is 35.5. The van der Waals surface area contributed by atoms with Crippen LogP contribution in [0.15, 0.2) is 11.0 Å². The smallest absolute Gasteiger partial charge is 0.263 e. The Morgan fingerprint density at radius 2 is 2.31 bits per heavy atom. The molecule has 1 aliphatic rings. The first kappa shape index (κ1) is 18.8. The number of alkyl halides is 2. The predicted molar refractivity (Wildman–Crippen MR) is 89.0 cm³/mol. The quantitative estimate of drug-likeness (QED) is 0.522. The molecule has 0 amide bonds. The number of aliphatic hydroxyl groups is 2. The molecule has 26 heavy (non-hydrogen) atoms. The maximum atomic E-state index is 14.3. The molecule has 3 N–H and O–H groups in total. The molecule has 0 saturated carbocycles. The highest BCUT2D eigenvalue weighted by molar-refractivity contribution is 6.27. The van der Waals surface area contributed by atoms with E-state index >= 15 is 0 Å². The number of nitrogens with zero attached hydrogens (tertiary/aromatic N) is 2. The van der Waals surface area contributed by atoms with Crippen molar-refractivity contribution in [2.45, 2.75) is 43.3 Å². The lowest BCUT2D eigenvalue weighted by atomic mass is 9.96. The van der Waals surface area contributed by atoms with Gasteiger partial charge in [-0.2, -0.15) is 0 Å². The third kappa shape index (κ3) is 2.79. The van der Waals surface area contributed by atoms with Gasteiger partial charge in [-0.15, -0.1) is 0 Å². The Morgan fingerprint density at radius 3 is 2.92 bits per heavy atom. The van der Waals surface area contributed by atoms with Crippen LogP contribution in [-0.4, -0.2) is 54.6 Å². The van der Waals surface area contributed by atoms with Gasteiger partial charge < -0.3 is 19.9 Å². The van der Waals surface area contributed by atoms with E-state index < -0.39 is 47.5 Å². The normalized spacial score (nSPS) is 29.6. The molecule has 0 aliphatic carbocycles. The van der Waals surface area contributed by atoms with Crippen LogP contribution in [-0.2, 0) is 4.74 Å². The molecule has 0 aromatic carbocycles. The Balaban J connectivity index is 2.24. The molecule has 3 heterocycles. The Morgan fingerprint density at radius 1 is 1.62 bits per heavy atom. The number of halogens is 3. The van der Waals surface area contributed by atoms with Gasteiger partial charge in [-0.3, -0.25) is 9.36 Å². The summed E-state index contributed by atoms with van der Waals surface area (Å²) in [5.74, 6) is 3.88. The van der Waals surface area contributed by atoms with Gasteiger partial charge in [0.1, 0.15) is 30.1 Å². The predicted octanol–water partition coefficient (Wildman–Crippen LogP) is 0.762. The fourth-order valence-corrected chi connectivity index (χ4v) is 3.40. The summed E-state index contributed by atoms with van der Waals surface area (Å²) in [6.45, 7) is 1.86. The number of aliphatic hydroxyl groups excluding tert-OH is 2. The largest absolute Gasteiger partial charge is 0.391 e. The minimum Gasteiger partial charge on any atom is -0.391 e. The summed E-state index contributed by atoms with van der Waals surface area (Å²) in [6, 6.07) is 0. The van der Waals surface area contributed by atoms with Crippen molar-refractivity contribution >= 4 is 22.6 Å². The Kier molecular flexibility index (Phi) is 4.79. The second-order valence-corrected chi connectivity index (χ2v) is 6.70. The van der Waals surface area contributed by atoms with Gasteiger partial charge in [0, 0.05) is 6.20 Å². The average molecular weight is 388 g/mol. The van der Waals surface area contributed by atoms with Gasteiger partial charge in [-0.05, 0) is 13.8 Å². The number of rotatable bonds is 2. The van der Waals surface area contributed by atoms with Crippen molar-refractivity contribution in [1.82, 2.24) is 14.5 Å². The van der Waals surface area contributed by atoms with E-state index in [1.54, 1.807) is 0 Å². The molecule has 1 fully saturated rings. The van der Waals surface area contributed by atoms with Gasteiger partial charge in [-0.1, -0.05) is 23.4 Å². The SMILES string of the molecule is Cc1nc2c(c(F)cn2[C@@H]2O[C@H]([C@@H](C)O)[C@H](O)C2(Cl)C#CCF)c(=O)[nH]1. The van der Waals surface area contributed by atoms with E-state index in [-0.39, 0.29) is 16.9 Å². The van der Waals surface area contributed by atoms with Crippen LogP contribution in [0.2, 0.25) is 0 Å². The fourth-order valence-electron chi connectivity index (χ4n) is 3.06. The van der Waals surface area contributed by atoms with Gasteiger partial charge in [0.05, 0.1) is 6.10 Å². The molecule has 140 valence electrons. The zero-order valence-corrected chi connectivity index (χ0v) is 14.6. The number of nitrogens with one attached hydrogen (secondary N) is 1. The molecule has 3 rings (SSSR count). The summed E-state index contributed by atoms with van der Waals surface area (Å²) >= 11 is 6.45. The molecule has 0 radical (unpaired) electrons. The third-order valence-electron chi connectivity index (χ3n) is 4.22. The lowest BCUT2D eigenvalue weighted by molar-refractivity contribution is -0.0752. The first-order valence-electron chi connectivity index (χ1n) is 7.74. The summed E-state index contributed by atoms with van der Waals surface area (Å²) in [6.07, 6.45) is -4.17. The van der Waals surface area contributed by atoms with Crippen molar-refractivity contribution in [3.8, 4) is 11.8 Å². The van der Waals surface area contributed by atoms with Gasteiger partial charge in [0.2, 0.25) is 0 Å². The highest BCUT2D eigenvalue weighted by Crippen LogP contribution is 2.45. The molecular formula is C16H16ClF2N3O4. The van der Waals surface area contributed by atoms with Crippen LogP contribution in [0.4, 0.5) is 8.78 Å². The van der Waals surface area contributed by atoms with Crippen LogP contribution in [0.25, 0.3) is 11.0 Å². The molecule has 7 nitrogen and oxygen atoms in total. The number of aromatic amines is 1. The van der Waals surface area contributed by atoms with E-state index in [2.05, 4.69) is 21.8 Å². The van der Waals surface area contributed by atoms with Crippen LogP contribution in [0, 0.1) is 24.6 Å². The summed E-state index contributed by atoms with van der Waals surface area (Å²) < 4.78 is 33.6. The summed E-state index contributed by atoms with van der Waals surface area (Å²) in [5, 5.41) is 20.0. The molecule has 2 aromatic heterocycles. The Hall–Kier alpha value is -1.99. The molecule has 0 bridgehead atoms. The van der Waals surface area contributed by atoms with Gasteiger partial charge >= 0.3 is 0 Å². The van der Waals surface area contributed by atoms with Crippen LogP contribution in [0.5, 0.6) is 0 Å². The van der Waals surface area contributed by atoms with Gasteiger partial charge in [-0.25, -0.2) is 13.8 Å². The fraction of sp³-hybridized carbons (Fsp3) is 0.500. The minimum atomic E-state index is -1.88. The van der Waals surface area contributed by atoms with Gasteiger partial charge in [0.15, 0.2) is 22.6 Å². The van der Waals surface area contributed by atoms with E-state index in [1.807, 2.05) is 0 Å². The molecule has 1 saturated heterocycles. The maximum absolute atomic E-state index is 14.3. The van der Waals surface area contributed by atoms with Crippen LogP contribution in [0.3, 0.4) is 0 Å². The second kappa shape index (κ2) is 6.63. The van der Waals surface area contributed by atoms with E-state index in [0.29, 0.717) is 0 Å². The van der Waals surface area contributed by atoms with Crippen molar-refractivity contribution in [2.24, 2.45) is 0 Å². The van der Waals surface area contributed by atoms with Crippen LogP contribution in [0.1, 0.15) is 19.0 Å². The van der Waals surface area contributed by atoms with E-state index in [4.69, 9.17) is 16.3 Å². The van der Waals surface area contributed by atoms with Crippen molar-refractivity contribution < 1.29 is 23.7 Å². The summed E-state index contributed by atoms with van der Waals surface area (Å²) in [4.78, 5) is 16.6. The Labute approximate surface area is 151 Å². The van der Waals surface area contributed by atoms with Crippen LogP contribution < -0.4 is 5.56 Å². The lowest BCUT2D eigenvalue weighted by Gasteiger charge is -2.26. The maximum Gasteiger partial charge on any atom is 0.263 e. The number of aryl methyl sites for hydroxylation is 1. The topological polar surface area (TPSA) is 100 Å². The lowest BCUT2D eigenvalue weighted by Crippen LogP contribution is -2.43. The van der Waals surface area contributed by atoms with Crippen LogP contribution >= 0.6 is 11.6 Å². The van der Waals surface area contributed by atoms with E-state index in [1.165, 1.54) is 13.8 Å². The van der Waals surface area contributed by atoms with Gasteiger partial charge in [0.25, 0.3) is 5.56 Å².